The smallest absolute Gasteiger partial charge is 0.338 e. The summed E-state index contributed by atoms with van der Waals surface area (Å²) in [6.07, 6.45) is 5.97. The minimum Gasteiger partial charge on any atom is -0.458 e. The number of hydrogen-bond donors (Lipinski definition) is 0. The summed E-state index contributed by atoms with van der Waals surface area (Å²) in [5.41, 5.74) is 2.07. The molecule has 2 aliphatic carbocycles. The van der Waals surface area contributed by atoms with Gasteiger partial charge < -0.3 is 4.74 Å². The van der Waals surface area contributed by atoms with Crippen molar-refractivity contribution < 1.29 is 17.9 Å². The molecule has 0 aliphatic heterocycles. The molecule has 2 aliphatic rings. The van der Waals surface area contributed by atoms with E-state index in [1.165, 1.54) is 6.08 Å². The van der Waals surface area contributed by atoms with Crippen molar-refractivity contribution in [2.75, 3.05) is 5.75 Å². The average Bonchev–Trinajstić information content (AvgIpc) is 2.97. The van der Waals surface area contributed by atoms with Crippen LogP contribution in [-0.4, -0.2) is 26.2 Å². The van der Waals surface area contributed by atoms with Gasteiger partial charge in [0, 0.05) is 5.41 Å². The summed E-state index contributed by atoms with van der Waals surface area (Å²) < 4.78 is 32.0. The first-order valence-corrected chi connectivity index (χ1v) is 11.3. The van der Waals surface area contributed by atoms with Gasteiger partial charge in [0.05, 0.1) is 16.7 Å². The predicted octanol–water partition coefficient (Wildman–Crippen LogP) is 4.32. The first-order chi connectivity index (χ1) is 12.7. The van der Waals surface area contributed by atoms with Crippen molar-refractivity contribution in [1.82, 2.24) is 0 Å². The molecule has 3 atom stereocenters. The zero-order valence-electron chi connectivity index (χ0n) is 16.3. The van der Waals surface area contributed by atoms with Crippen LogP contribution in [0.3, 0.4) is 0 Å². The van der Waals surface area contributed by atoms with Crippen LogP contribution >= 0.6 is 0 Å². The Labute approximate surface area is 162 Å². The highest BCUT2D eigenvalue weighted by Gasteiger charge is 2.66. The van der Waals surface area contributed by atoms with Crippen molar-refractivity contribution in [3.63, 3.8) is 0 Å². The highest BCUT2D eigenvalue weighted by Crippen LogP contribution is 2.67. The third kappa shape index (κ3) is 3.51. The van der Waals surface area contributed by atoms with Gasteiger partial charge in [-0.1, -0.05) is 39.0 Å². The second-order valence-electron chi connectivity index (χ2n) is 8.27. The van der Waals surface area contributed by atoms with Crippen LogP contribution < -0.4 is 0 Å². The molecule has 0 radical (unpaired) electrons. The normalized spacial score (nSPS) is 28.4. The summed E-state index contributed by atoms with van der Waals surface area (Å²) in [7, 11) is -3.47. The van der Waals surface area contributed by atoms with E-state index in [1.54, 1.807) is 30.3 Å². The number of rotatable bonds is 6. The van der Waals surface area contributed by atoms with Crippen molar-refractivity contribution in [2.24, 2.45) is 16.7 Å². The van der Waals surface area contributed by atoms with Gasteiger partial charge in [0.2, 0.25) is 0 Å². The van der Waals surface area contributed by atoms with Crippen molar-refractivity contribution in [3.8, 4) is 0 Å². The molecule has 1 aromatic rings. The molecule has 3 rings (SSSR count). The highest BCUT2D eigenvalue weighted by molar-refractivity contribution is 7.91. The third-order valence-corrected chi connectivity index (χ3v) is 8.57. The van der Waals surface area contributed by atoms with E-state index in [9.17, 15) is 13.2 Å². The van der Waals surface area contributed by atoms with E-state index in [0.717, 1.165) is 25.7 Å². The maximum Gasteiger partial charge on any atom is 0.338 e. The monoisotopic (exact) mass is 388 g/mol. The molecular formula is C22H28O4S. The molecule has 146 valence electrons. The van der Waals surface area contributed by atoms with Crippen molar-refractivity contribution in [2.45, 2.75) is 57.5 Å². The zero-order chi connectivity index (χ0) is 19.7. The molecule has 0 amide bonds. The van der Waals surface area contributed by atoms with Gasteiger partial charge in [-0.05, 0) is 55.2 Å². The van der Waals surface area contributed by atoms with Gasteiger partial charge in [0.1, 0.15) is 6.10 Å². The number of benzene rings is 1. The number of ether oxygens (including phenoxy) is 1. The molecule has 2 bridgehead atoms. The van der Waals surface area contributed by atoms with Gasteiger partial charge in [0.25, 0.3) is 0 Å². The number of carbonyl (C=O) groups excluding carboxylic acids is 1. The van der Waals surface area contributed by atoms with Crippen LogP contribution in [0.5, 0.6) is 0 Å². The fourth-order valence-electron chi connectivity index (χ4n) is 4.98. The number of fused-ring (bicyclic) bond motifs is 2. The topological polar surface area (TPSA) is 60.4 Å². The maximum absolute atomic E-state index is 13.1. The van der Waals surface area contributed by atoms with E-state index in [4.69, 9.17) is 4.74 Å². The Morgan fingerprint density at radius 3 is 2.63 bits per heavy atom. The molecule has 0 saturated heterocycles. The Kier molecular flexibility index (Phi) is 5.38. The molecule has 1 aromatic carbocycles. The average molecular weight is 389 g/mol. The number of hydrogen-bond acceptors (Lipinski definition) is 4. The first-order valence-electron chi connectivity index (χ1n) is 9.62. The Morgan fingerprint density at radius 2 is 2.00 bits per heavy atom. The van der Waals surface area contributed by atoms with Gasteiger partial charge in [-0.2, -0.15) is 0 Å². The Hall–Kier alpha value is -1.84. The van der Waals surface area contributed by atoms with E-state index in [2.05, 4.69) is 19.6 Å². The molecule has 0 aromatic heterocycles. The maximum atomic E-state index is 13.1. The van der Waals surface area contributed by atoms with Gasteiger partial charge in [0.15, 0.2) is 9.84 Å². The van der Waals surface area contributed by atoms with Crippen molar-refractivity contribution in [3.05, 3.63) is 48.2 Å². The van der Waals surface area contributed by atoms with Crippen LogP contribution in [0, 0.1) is 16.7 Å². The molecule has 0 N–H and O–H groups in total. The molecule has 2 saturated carbocycles. The number of carbonyl (C=O) groups is 1. The second-order valence-corrected chi connectivity index (χ2v) is 10.3. The minimum absolute atomic E-state index is 0.0139. The Bertz CT molecular complexity index is 863. The van der Waals surface area contributed by atoms with E-state index < -0.39 is 21.2 Å². The zero-order valence-corrected chi connectivity index (χ0v) is 17.1. The third-order valence-electron chi connectivity index (χ3n) is 6.69. The molecule has 4 nitrogen and oxygen atoms in total. The van der Waals surface area contributed by atoms with E-state index in [0.29, 0.717) is 10.8 Å². The van der Waals surface area contributed by atoms with Crippen LogP contribution in [-0.2, 0) is 19.4 Å². The number of sulfone groups is 1. The summed E-state index contributed by atoms with van der Waals surface area (Å²) in [6, 6.07) is 8.57. The van der Waals surface area contributed by atoms with E-state index in [-0.39, 0.29) is 17.3 Å². The largest absolute Gasteiger partial charge is 0.458 e. The van der Waals surface area contributed by atoms with Crippen molar-refractivity contribution in [1.29, 1.82) is 0 Å². The molecule has 5 heteroatoms. The highest BCUT2D eigenvalue weighted by atomic mass is 32.2. The molecule has 0 spiro atoms. The van der Waals surface area contributed by atoms with Gasteiger partial charge in [-0.3, -0.25) is 0 Å². The van der Waals surface area contributed by atoms with Crippen LogP contribution in [0.15, 0.2) is 53.1 Å². The molecule has 27 heavy (non-hydrogen) atoms. The molecule has 2 fully saturated rings. The SMILES string of the molecule is CCC=C=CC(=O)O[C@H]1C[C@@H]2CC[C@@]1(CS(=O)(=O)c1ccccc1)C2(C)C. The molecule has 0 heterocycles. The van der Waals surface area contributed by atoms with Crippen LogP contribution in [0.25, 0.3) is 0 Å². The summed E-state index contributed by atoms with van der Waals surface area (Å²) in [5, 5.41) is 0. The Balaban J connectivity index is 1.90. The summed E-state index contributed by atoms with van der Waals surface area (Å²) in [6.45, 7) is 6.23. The molecule has 0 unspecified atom stereocenters. The van der Waals surface area contributed by atoms with Crippen LogP contribution in [0.2, 0.25) is 0 Å². The first kappa shape index (κ1) is 19.9. The van der Waals surface area contributed by atoms with Crippen molar-refractivity contribution >= 4 is 15.8 Å². The van der Waals surface area contributed by atoms with Gasteiger partial charge in [-0.15, -0.1) is 5.73 Å². The van der Waals surface area contributed by atoms with E-state index in [1.807, 2.05) is 13.0 Å². The fourth-order valence-corrected chi connectivity index (χ4v) is 7.09. The lowest BCUT2D eigenvalue weighted by Crippen LogP contribution is -2.46. The summed E-state index contributed by atoms with van der Waals surface area (Å²) in [5.74, 6) is -0.0547. The quantitative estimate of drug-likeness (QED) is 0.414. The van der Waals surface area contributed by atoms with Gasteiger partial charge >= 0.3 is 5.97 Å². The lowest BCUT2D eigenvalue weighted by atomic mass is 9.69. The predicted molar refractivity (Wildman–Crippen MR) is 105 cm³/mol. The molecular weight excluding hydrogens is 360 g/mol. The minimum atomic E-state index is -3.47. The summed E-state index contributed by atoms with van der Waals surface area (Å²) in [4.78, 5) is 12.6. The Morgan fingerprint density at radius 1 is 1.30 bits per heavy atom. The lowest BCUT2D eigenvalue weighted by Gasteiger charge is -2.41. The lowest BCUT2D eigenvalue weighted by molar-refractivity contribution is -0.150. The summed E-state index contributed by atoms with van der Waals surface area (Å²) >= 11 is 0. The fraction of sp³-hybridized carbons (Fsp3) is 0.545. The van der Waals surface area contributed by atoms with E-state index >= 15 is 0 Å². The number of esters is 1. The van der Waals surface area contributed by atoms with Crippen LogP contribution in [0.4, 0.5) is 0 Å². The van der Waals surface area contributed by atoms with Gasteiger partial charge in [-0.25, -0.2) is 13.2 Å². The van der Waals surface area contributed by atoms with Crippen LogP contribution in [0.1, 0.15) is 46.5 Å². The standard InChI is InChI=1S/C22H28O4S/c1-4-5-7-12-20(23)26-19-15-17-13-14-22(19,21(17,2)3)16-27(24,25)18-10-8-6-9-11-18/h5-6,8-12,17,19H,4,13-16H2,1-3H3/t7?,17-,19-,22-/m0/s1. The second kappa shape index (κ2) is 7.29.